The number of hydrogen-bond donors (Lipinski definition) is 2. The van der Waals surface area contributed by atoms with Crippen molar-refractivity contribution in [1.82, 2.24) is 10.3 Å². The number of nitrogens with zero attached hydrogens (tertiary/aromatic N) is 1. The molecule has 142 valence electrons. The van der Waals surface area contributed by atoms with Crippen LogP contribution in [0.4, 0.5) is 0 Å². The van der Waals surface area contributed by atoms with Crippen LogP contribution in [-0.4, -0.2) is 27.0 Å². The molecule has 9 heteroatoms. The number of carbonyl (C=O) groups excluding carboxylic acids is 1. The smallest absolute Gasteiger partial charge is 0.275 e. The number of sulfonamides is 1. The number of ether oxygens (including phenoxy) is 2. The molecule has 0 radical (unpaired) electrons. The molecule has 0 fully saturated rings. The van der Waals surface area contributed by atoms with Gasteiger partial charge in [0.05, 0.1) is 23.1 Å². The lowest BCUT2D eigenvalue weighted by molar-refractivity contribution is -0.127. The van der Waals surface area contributed by atoms with Gasteiger partial charge in [-0.25, -0.2) is 8.42 Å². The summed E-state index contributed by atoms with van der Waals surface area (Å²) < 4.78 is 35.1. The highest BCUT2D eigenvalue weighted by atomic mass is 32.2. The molecular weight excluding hydrogens is 370 g/mol. The van der Waals surface area contributed by atoms with Crippen LogP contribution < -0.4 is 19.7 Å². The number of nitriles is 1. The highest BCUT2D eigenvalue weighted by molar-refractivity contribution is 7.89. The van der Waals surface area contributed by atoms with Crippen LogP contribution in [0.5, 0.6) is 11.5 Å². The third-order valence-corrected chi connectivity index (χ3v) is 4.68. The minimum Gasteiger partial charge on any atom is -0.494 e. The van der Waals surface area contributed by atoms with Crippen molar-refractivity contribution in [2.24, 2.45) is 0 Å². The first-order valence-electron chi connectivity index (χ1n) is 8.07. The summed E-state index contributed by atoms with van der Waals surface area (Å²) in [6, 6.07) is 13.9. The SMILES string of the molecule is CCOc1ccc(O[C@@H](C)C(=O)NNS(=O)(=O)c2ccc(C#N)cc2)cc1. The lowest BCUT2D eigenvalue weighted by atomic mass is 10.2. The van der Waals surface area contributed by atoms with Crippen LogP contribution in [0.1, 0.15) is 19.4 Å². The Morgan fingerprint density at radius 2 is 1.70 bits per heavy atom. The maximum Gasteiger partial charge on any atom is 0.275 e. The summed E-state index contributed by atoms with van der Waals surface area (Å²) >= 11 is 0. The normalized spacial score (nSPS) is 11.9. The number of nitrogens with one attached hydrogen (secondary N) is 2. The van der Waals surface area contributed by atoms with E-state index in [1.807, 2.05) is 17.8 Å². The van der Waals surface area contributed by atoms with Gasteiger partial charge in [-0.1, -0.05) is 0 Å². The van der Waals surface area contributed by atoms with Gasteiger partial charge in [-0.05, 0) is 62.4 Å². The molecule has 0 unspecified atom stereocenters. The van der Waals surface area contributed by atoms with Crippen LogP contribution in [0.3, 0.4) is 0 Å². The summed E-state index contributed by atoms with van der Waals surface area (Å²) in [4.78, 5) is 14.0. The molecule has 0 aliphatic heterocycles. The van der Waals surface area contributed by atoms with Gasteiger partial charge < -0.3 is 9.47 Å². The second-order valence-corrected chi connectivity index (χ2v) is 7.08. The molecule has 0 aliphatic rings. The van der Waals surface area contributed by atoms with Gasteiger partial charge in [0.2, 0.25) is 0 Å². The van der Waals surface area contributed by atoms with Crippen LogP contribution >= 0.6 is 0 Å². The number of hydrazine groups is 1. The topological polar surface area (TPSA) is 118 Å². The van der Waals surface area contributed by atoms with E-state index in [-0.39, 0.29) is 4.90 Å². The molecule has 0 bridgehead atoms. The van der Waals surface area contributed by atoms with Gasteiger partial charge in [0, 0.05) is 0 Å². The van der Waals surface area contributed by atoms with Gasteiger partial charge in [-0.15, -0.1) is 4.83 Å². The van der Waals surface area contributed by atoms with E-state index >= 15 is 0 Å². The third kappa shape index (κ3) is 5.70. The number of rotatable bonds is 8. The van der Waals surface area contributed by atoms with Crippen LogP contribution in [0.2, 0.25) is 0 Å². The molecule has 0 heterocycles. The van der Waals surface area contributed by atoms with Gasteiger partial charge in [0.1, 0.15) is 11.5 Å². The molecule has 27 heavy (non-hydrogen) atoms. The first-order chi connectivity index (χ1) is 12.9. The molecule has 0 aliphatic carbocycles. The Labute approximate surface area is 157 Å². The van der Waals surface area contributed by atoms with Gasteiger partial charge in [-0.3, -0.25) is 10.2 Å². The number of carbonyl (C=O) groups is 1. The first-order valence-corrected chi connectivity index (χ1v) is 9.55. The van der Waals surface area contributed by atoms with E-state index in [4.69, 9.17) is 14.7 Å². The Morgan fingerprint density at radius 1 is 1.11 bits per heavy atom. The Kier molecular flexibility index (Phi) is 6.76. The summed E-state index contributed by atoms with van der Waals surface area (Å²) in [7, 11) is -3.96. The fourth-order valence-electron chi connectivity index (χ4n) is 2.03. The van der Waals surface area contributed by atoms with Crippen molar-refractivity contribution >= 4 is 15.9 Å². The maximum absolute atomic E-state index is 12.2. The van der Waals surface area contributed by atoms with Crippen molar-refractivity contribution in [1.29, 1.82) is 5.26 Å². The summed E-state index contributed by atoms with van der Waals surface area (Å²) in [5.41, 5.74) is 2.44. The molecule has 2 aromatic rings. The van der Waals surface area contributed by atoms with Gasteiger partial charge in [0.25, 0.3) is 15.9 Å². The fraction of sp³-hybridized carbons (Fsp3) is 0.222. The van der Waals surface area contributed by atoms with E-state index in [9.17, 15) is 13.2 Å². The number of hydrogen-bond acceptors (Lipinski definition) is 6. The van der Waals surface area contributed by atoms with Crippen molar-refractivity contribution < 1.29 is 22.7 Å². The molecular formula is C18H19N3O5S. The van der Waals surface area contributed by atoms with E-state index in [1.165, 1.54) is 31.2 Å². The molecule has 0 saturated heterocycles. The second-order valence-electron chi connectivity index (χ2n) is 5.40. The maximum atomic E-state index is 12.2. The average molecular weight is 389 g/mol. The number of amides is 1. The van der Waals surface area contributed by atoms with Gasteiger partial charge in [-0.2, -0.15) is 5.26 Å². The molecule has 1 amide bonds. The molecule has 0 saturated carbocycles. The first kappa shape index (κ1) is 20.2. The highest BCUT2D eigenvalue weighted by Crippen LogP contribution is 2.18. The van der Waals surface area contributed by atoms with E-state index < -0.39 is 22.0 Å². The number of benzene rings is 2. The van der Waals surface area contributed by atoms with Crippen molar-refractivity contribution in [3.63, 3.8) is 0 Å². The second kappa shape index (κ2) is 9.02. The molecule has 1 atom stereocenters. The predicted octanol–water partition coefficient (Wildman–Crippen LogP) is 1.73. The largest absolute Gasteiger partial charge is 0.494 e. The lowest BCUT2D eigenvalue weighted by Gasteiger charge is -2.15. The Balaban J connectivity index is 1.92. The third-order valence-electron chi connectivity index (χ3n) is 3.42. The molecule has 8 nitrogen and oxygen atoms in total. The van der Waals surface area contributed by atoms with E-state index in [0.29, 0.717) is 23.7 Å². The van der Waals surface area contributed by atoms with Crippen molar-refractivity contribution in [2.75, 3.05) is 6.61 Å². The van der Waals surface area contributed by atoms with Gasteiger partial charge in [0.15, 0.2) is 6.10 Å². The molecule has 2 aromatic carbocycles. The predicted molar refractivity (Wildman–Crippen MR) is 97.3 cm³/mol. The highest BCUT2D eigenvalue weighted by Gasteiger charge is 2.19. The summed E-state index contributed by atoms with van der Waals surface area (Å²) in [5, 5.41) is 8.74. The zero-order chi connectivity index (χ0) is 19.9. The van der Waals surface area contributed by atoms with Crippen LogP contribution in [0, 0.1) is 11.3 Å². The molecule has 0 spiro atoms. The monoisotopic (exact) mass is 389 g/mol. The fourth-order valence-corrected chi connectivity index (χ4v) is 2.87. The summed E-state index contributed by atoms with van der Waals surface area (Å²) in [5.74, 6) is 0.453. The van der Waals surface area contributed by atoms with Crippen LogP contribution in [0.15, 0.2) is 53.4 Å². The van der Waals surface area contributed by atoms with Crippen molar-refractivity contribution in [3.8, 4) is 17.6 Å². The Hall–Kier alpha value is -3.09. The van der Waals surface area contributed by atoms with E-state index in [2.05, 4.69) is 5.43 Å². The minimum absolute atomic E-state index is 0.0816. The zero-order valence-corrected chi connectivity index (χ0v) is 15.6. The Morgan fingerprint density at radius 3 is 2.26 bits per heavy atom. The Bertz CT molecular complexity index is 919. The molecule has 0 aromatic heterocycles. The molecule has 2 N–H and O–H groups in total. The van der Waals surface area contributed by atoms with Crippen molar-refractivity contribution in [2.45, 2.75) is 24.8 Å². The quantitative estimate of drug-likeness (QED) is 0.664. The van der Waals surface area contributed by atoms with Crippen LogP contribution in [-0.2, 0) is 14.8 Å². The van der Waals surface area contributed by atoms with Crippen LogP contribution in [0.25, 0.3) is 0 Å². The standard InChI is InChI=1S/C18H19N3O5S/c1-3-25-15-6-8-16(9-7-15)26-13(2)18(22)20-21-27(23,24)17-10-4-14(12-19)5-11-17/h4-11,13,21H,3H2,1-2H3,(H,20,22)/t13-/m0/s1. The molecule has 2 rings (SSSR count). The van der Waals surface area contributed by atoms with E-state index in [1.54, 1.807) is 24.3 Å². The van der Waals surface area contributed by atoms with E-state index in [0.717, 1.165) is 0 Å². The summed E-state index contributed by atoms with van der Waals surface area (Å²) in [6.07, 6.45) is -0.938. The zero-order valence-electron chi connectivity index (χ0n) is 14.8. The minimum atomic E-state index is -3.96. The van der Waals surface area contributed by atoms with Gasteiger partial charge >= 0.3 is 0 Å². The summed E-state index contributed by atoms with van der Waals surface area (Å²) in [6.45, 7) is 3.90. The average Bonchev–Trinajstić information content (AvgIpc) is 2.68. The van der Waals surface area contributed by atoms with Crippen molar-refractivity contribution in [3.05, 3.63) is 54.1 Å². The lowest BCUT2D eigenvalue weighted by Crippen LogP contribution is -2.47.